The molecule has 180 valence electrons. The van der Waals surface area contributed by atoms with Crippen LogP contribution in [0.5, 0.6) is 0 Å². The normalized spacial score (nSPS) is 27.6. The van der Waals surface area contributed by atoms with Crippen molar-refractivity contribution in [3.8, 4) is 0 Å². The maximum Gasteiger partial charge on any atom is 0.293 e. The Morgan fingerprint density at radius 2 is 1.97 bits per heavy atom. The Morgan fingerprint density at radius 1 is 1.23 bits per heavy atom. The number of allylic oxidation sites excluding steroid dienone is 2. The van der Waals surface area contributed by atoms with Crippen LogP contribution in [0.3, 0.4) is 0 Å². The minimum absolute atomic E-state index is 0.0724. The Bertz CT molecular complexity index is 1320. The molecule has 5 aliphatic rings. The van der Waals surface area contributed by atoms with E-state index in [1.54, 1.807) is 13.1 Å². The first-order chi connectivity index (χ1) is 16.7. The lowest BCUT2D eigenvalue weighted by molar-refractivity contribution is -0.136. The lowest BCUT2D eigenvalue weighted by Crippen LogP contribution is -2.41. The van der Waals surface area contributed by atoms with Crippen molar-refractivity contribution >= 4 is 23.3 Å². The standard InChI is InChI=1S/C24H22F2N6O3/c1-10(2)16(22(34)23(35)29-24(5-6-24)14-8-27-31-30-14)20-17-18-19(17)21(18)32(20)9-15(33)28-11-3-4-12(25)13(26)7-11/h3-4,7-8,17-19,21H,1,5-6,9H2,2H3,(H,28,33)(H,29,35)(H,27,30,31)/b20-16+/t17?,18-,19?,21-/m0/s1. The highest BCUT2D eigenvalue weighted by Crippen LogP contribution is 2.80. The summed E-state index contributed by atoms with van der Waals surface area (Å²) in [6.45, 7) is 5.53. The highest BCUT2D eigenvalue weighted by Gasteiger charge is 2.83. The van der Waals surface area contributed by atoms with Gasteiger partial charge in [-0.2, -0.15) is 0 Å². The first-order valence-electron chi connectivity index (χ1n) is 11.4. The number of aromatic amines is 1. The molecule has 2 aliphatic heterocycles. The molecule has 2 amide bonds. The Balaban J connectivity index is 1.22. The van der Waals surface area contributed by atoms with Crippen LogP contribution in [0.1, 0.15) is 25.5 Å². The molecule has 7 rings (SSSR count). The van der Waals surface area contributed by atoms with Crippen molar-refractivity contribution in [1.29, 1.82) is 0 Å². The third-order valence-electron chi connectivity index (χ3n) is 7.41. The Kier molecular flexibility index (Phi) is 4.51. The van der Waals surface area contributed by atoms with Crippen molar-refractivity contribution in [1.82, 2.24) is 25.6 Å². The second-order valence-electron chi connectivity index (χ2n) is 9.74. The highest BCUT2D eigenvalue weighted by molar-refractivity contribution is 6.44. The maximum atomic E-state index is 13.5. The Hall–Kier alpha value is -3.89. The van der Waals surface area contributed by atoms with Crippen LogP contribution in [0.2, 0.25) is 0 Å². The summed E-state index contributed by atoms with van der Waals surface area (Å²) in [6.07, 6.45) is 2.91. The molecule has 1 aromatic carbocycles. The minimum Gasteiger partial charge on any atom is -0.361 e. The number of halogens is 2. The number of ketones is 1. The summed E-state index contributed by atoms with van der Waals surface area (Å²) in [5.74, 6) is -3.06. The monoisotopic (exact) mass is 480 g/mol. The number of aromatic nitrogens is 3. The number of amides is 2. The molecule has 3 aliphatic carbocycles. The van der Waals surface area contributed by atoms with Crippen LogP contribution in [-0.2, 0) is 19.9 Å². The van der Waals surface area contributed by atoms with E-state index >= 15 is 0 Å². The number of hydrogen-bond donors (Lipinski definition) is 3. The van der Waals surface area contributed by atoms with E-state index < -0.39 is 34.8 Å². The van der Waals surface area contributed by atoms with Crippen molar-refractivity contribution in [2.24, 2.45) is 17.8 Å². The molecule has 9 nitrogen and oxygen atoms in total. The van der Waals surface area contributed by atoms with E-state index in [-0.39, 0.29) is 29.8 Å². The second kappa shape index (κ2) is 7.30. The molecule has 3 saturated carbocycles. The molecule has 2 bridgehead atoms. The lowest BCUT2D eigenvalue weighted by Gasteiger charge is -2.23. The molecular formula is C24H22F2N6O3. The van der Waals surface area contributed by atoms with Crippen molar-refractivity contribution in [2.75, 3.05) is 11.9 Å². The van der Waals surface area contributed by atoms with Crippen LogP contribution in [-0.4, -0.2) is 50.5 Å². The quantitative estimate of drug-likeness (QED) is 0.392. The topological polar surface area (TPSA) is 120 Å². The summed E-state index contributed by atoms with van der Waals surface area (Å²) >= 11 is 0. The maximum absolute atomic E-state index is 13.5. The van der Waals surface area contributed by atoms with Crippen LogP contribution >= 0.6 is 0 Å². The molecule has 5 fully saturated rings. The van der Waals surface area contributed by atoms with E-state index in [0.717, 1.165) is 12.1 Å². The number of H-pyrrole nitrogens is 1. The summed E-state index contributed by atoms with van der Waals surface area (Å²) < 4.78 is 26.7. The van der Waals surface area contributed by atoms with Crippen LogP contribution in [0.15, 0.2) is 47.8 Å². The van der Waals surface area contributed by atoms with Gasteiger partial charge in [0.1, 0.15) is 5.69 Å². The molecule has 11 heteroatoms. The number of nitrogens with zero attached hydrogens (tertiary/aromatic N) is 3. The lowest BCUT2D eigenvalue weighted by atomic mass is 9.97. The van der Waals surface area contributed by atoms with E-state index in [1.165, 1.54) is 6.07 Å². The molecule has 2 saturated heterocycles. The molecule has 35 heavy (non-hydrogen) atoms. The third-order valence-corrected chi connectivity index (χ3v) is 7.41. The molecule has 3 N–H and O–H groups in total. The minimum atomic E-state index is -1.06. The molecule has 3 heterocycles. The van der Waals surface area contributed by atoms with E-state index in [4.69, 9.17) is 0 Å². The average Bonchev–Trinajstić information content (AvgIpc) is 3.74. The van der Waals surface area contributed by atoms with Gasteiger partial charge in [-0.3, -0.25) is 19.5 Å². The number of rotatable bonds is 8. The fourth-order valence-corrected chi connectivity index (χ4v) is 5.46. The summed E-state index contributed by atoms with van der Waals surface area (Å²) in [6, 6.07) is 3.27. The largest absolute Gasteiger partial charge is 0.361 e. The second-order valence-corrected chi connectivity index (χ2v) is 9.74. The van der Waals surface area contributed by atoms with Gasteiger partial charge in [-0.25, -0.2) is 8.78 Å². The van der Waals surface area contributed by atoms with Gasteiger partial charge in [0.2, 0.25) is 5.91 Å². The highest BCUT2D eigenvalue weighted by atomic mass is 19.2. The molecule has 0 spiro atoms. The van der Waals surface area contributed by atoms with E-state index in [0.29, 0.717) is 41.6 Å². The fraction of sp³-hybridized carbons (Fsp3) is 0.375. The van der Waals surface area contributed by atoms with Crippen molar-refractivity contribution < 1.29 is 23.2 Å². The summed E-state index contributed by atoms with van der Waals surface area (Å²) in [4.78, 5) is 40.9. The number of piperidine rings is 1. The number of nitrogens with one attached hydrogen (secondary N) is 3. The zero-order valence-corrected chi connectivity index (χ0v) is 18.8. The summed E-state index contributed by atoms with van der Waals surface area (Å²) in [5, 5.41) is 15.7. The van der Waals surface area contributed by atoms with Gasteiger partial charge < -0.3 is 15.5 Å². The zero-order valence-electron chi connectivity index (χ0n) is 18.8. The van der Waals surface area contributed by atoms with Gasteiger partial charge in [0.15, 0.2) is 11.6 Å². The Labute approximate surface area is 198 Å². The molecular weight excluding hydrogens is 458 g/mol. The first kappa shape index (κ1) is 21.6. The van der Waals surface area contributed by atoms with Crippen LogP contribution in [0.25, 0.3) is 0 Å². The first-order valence-corrected chi connectivity index (χ1v) is 11.4. The predicted octanol–water partition coefficient (Wildman–Crippen LogP) is 1.79. The van der Waals surface area contributed by atoms with Crippen molar-refractivity contribution in [3.05, 3.63) is 65.1 Å². The number of carbonyl (C=O) groups is 3. The van der Waals surface area contributed by atoms with E-state index in [1.807, 2.05) is 4.90 Å². The smallest absolute Gasteiger partial charge is 0.293 e. The third kappa shape index (κ3) is 3.36. The summed E-state index contributed by atoms with van der Waals surface area (Å²) in [5.41, 5.74) is 1.37. The van der Waals surface area contributed by atoms with Gasteiger partial charge >= 0.3 is 0 Å². The number of fused-ring (bicyclic) bond motifs is 1. The molecule has 2 unspecified atom stereocenters. The van der Waals surface area contributed by atoms with Crippen molar-refractivity contribution in [2.45, 2.75) is 31.3 Å². The summed E-state index contributed by atoms with van der Waals surface area (Å²) in [7, 11) is 0. The van der Waals surface area contributed by atoms with Crippen molar-refractivity contribution in [3.63, 3.8) is 0 Å². The molecule has 1 aromatic heterocycles. The van der Waals surface area contributed by atoms with Crippen LogP contribution in [0, 0.1) is 29.4 Å². The average molecular weight is 480 g/mol. The molecule has 0 radical (unpaired) electrons. The fourth-order valence-electron chi connectivity index (χ4n) is 5.46. The SMILES string of the molecule is C=C(C)/C(C(=O)C(=O)NC1(c2c[nH]nn2)CC1)=C1/C2C3[C@H]2[C@@H]3N1CC(=O)Nc1ccc(F)c(F)c1. The molecule has 4 atom stereocenters. The van der Waals surface area contributed by atoms with Gasteiger partial charge in [0.25, 0.3) is 11.7 Å². The predicted molar refractivity (Wildman–Crippen MR) is 118 cm³/mol. The number of hydrogen-bond acceptors (Lipinski definition) is 6. The van der Waals surface area contributed by atoms with Gasteiger partial charge in [-0.1, -0.05) is 11.8 Å². The molecule has 2 aromatic rings. The van der Waals surface area contributed by atoms with Gasteiger partial charge in [0, 0.05) is 41.2 Å². The number of benzene rings is 1. The van der Waals surface area contributed by atoms with Crippen LogP contribution < -0.4 is 10.6 Å². The van der Waals surface area contributed by atoms with E-state index in [2.05, 4.69) is 32.6 Å². The number of Topliss-reactive ketones (excluding diaryl/α,β-unsaturated/α-hetero) is 1. The Morgan fingerprint density at radius 3 is 2.57 bits per heavy atom. The van der Waals surface area contributed by atoms with Gasteiger partial charge in [-0.15, -0.1) is 5.10 Å². The number of carbonyl (C=O) groups excluding carboxylic acids is 3. The van der Waals surface area contributed by atoms with E-state index in [9.17, 15) is 23.2 Å². The van der Waals surface area contributed by atoms with Gasteiger partial charge in [-0.05, 0) is 49.3 Å². The number of anilines is 1. The zero-order chi connectivity index (χ0) is 24.6. The van der Waals surface area contributed by atoms with Gasteiger partial charge in [0.05, 0.1) is 12.1 Å². The van der Waals surface area contributed by atoms with Crippen LogP contribution in [0.4, 0.5) is 14.5 Å².